The Hall–Kier alpha value is -3.69. The highest BCUT2D eigenvalue weighted by Gasteiger charge is 2.48. The molecule has 0 atom stereocenters. The van der Waals surface area contributed by atoms with Gasteiger partial charge in [0, 0.05) is 59.6 Å². The number of anilines is 4. The highest BCUT2D eigenvalue weighted by Crippen LogP contribution is 2.52. The molecule has 8 nitrogen and oxygen atoms in total. The van der Waals surface area contributed by atoms with Crippen LogP contribution in [0.4, 0.5) is 27.4 Å². The molecule has 2 aliphatic heterocycles. The number of ether oxygens (including phenoxy) is 1. The molecule has 0 saturated heterocycles. The fourth-order valence-electron chi connectivity index (χ4n) is 5.65. The fourth-order valence-corrected chi connectivity index (χ4v) is 5.95. The number of rotatable bonds is 3. The minimum atomic E-state index is -0.593. The largest absolute Gasteiger partial charge is 0.474 e. The monoisotopic (exact) mass is 517 g/mol. The number of nitrogen functional groups attached to an aromatic ring is 1. The maximum atomic E-state index is 15.4. The Morgan fingerprint density at radius 1 is 1.19 bits per heavy atom. The van der Waals surface area contributed by atoms with Crippen molar-refractivity contribution in [2.75, 3.05) is 43.1 Å². The van der Waals surface area contributed by atoms with Gasteiger partial charge in [-0.3, -0.25) is 0 Å². The van der Waals surface area contributed by atoms with Gasteiger partial charge in [-0.2, -0.15) is 0 Å². The van der Waals surface area contributed by atoms with Crippen LogP contribution in [0.15, 0.2) is 36.7 Å². The Morgan fingerprint density at radius 3 is 2.89 bits per heavy atom. The van der Waals surface area contributed by atoms with Crippen LogP contribution in [-0.4, -0.2) is 46.6 Å². The number of nitrogens with one attached hydrogen (secondary N) is 2. The van der Waals surface area contributed by atoms with E-state index in [0.29, 0.717) is 57.6 Å². The molecular formula is C27H25ClFN7O. The first-order valence-corrected chi connectivity index (χ1v) is 12.7. The molecule has 1 fully saturated rings. The zero-order chi connectivity index (χ0) is 25.3. The number of pyridine rings is 1. The number of hydrogen-bond acceptors (Lipinski definition) is 8. The Morgan fingerprint density at radius 2 is 2.05 bits per heavy atom. The number of halogens is 2. The summed E-state index contributed by atoms with van der Waals surface area (Å²) in [6.45, 7) is 3.11. The summed E-state index contributed by atoms with van der Waals surface area (Å²) in [6.07, 6.45) is 5.53. The van der Waals surface area contributed by atoms with Crippen LogP contribution in [0.1, 0.15) is 24.0 Å². The number of hydrogen-bond donors (Lipinski definition) is 3. The van der Waals surface area contributed by atoms with Crippen molar-refractivity contribution in [2.45, 2.75) is 24.8 Å². The van der Waals surface area contributed by atoms with Gasteiger partial charge in [0.15, 0.2) is 5.82 Å². The molecule has 1 spiro atoms. The second-order valence-electron chi connectivity index (χ2n) is 10.2. The Labute approximate surface area is 218 Å². The average Bonchev–Trinajstić information content (AvgIpc) is 3.66. The standard InChI is InChI=1S/C27H25ClFN7O/c1-36-12-14-8-15(2-3-19(14)27(13-36)4-5-27)34-26-33-11-18-20(35-26)9-16(22(29)23(18)30)17-10-32-25-24(21(17)28)31-6-7-37-25/h2-3,8-11,31H,4-7,12-13,30H2,1H3,(H,33,34,35). The SMILES string of the molecule is CN1Cc2cc(Nc3ncc4c(N)c(F)c(-c5cnc6c(c5Cl)NCCO6)cc4n3)ccc2C2(CC2)C1. The van der Waals surface area contributed by atoms with E-state index in [1.54, 1.807) is 12.3 Å². The molecule has 10 heteroatoms. The molecule has 2 aromatic heterocycles. The molecule has 1 aliphatic carbocycles. The second kappa shape index (κ2) is 8.16. The lowest BCUT2D eigenvalue weighted by Crippen LogP contribution is -2.35. The van der Waals surface area contributed by atoms with E-state index in [1.165, 1.54) is 30.2 Å². The van der Waals surface area contributed by atoms with Gasteiger partial charge < -0.3 is 26.0 Å². The van der Waals surface area contributed by atoms with Gasteiger partial charge in [0.05, 0.1) is 16.2 Å². The second-order valence-corrected chi connectivity index (χ2v) is 10.5. The maximum absolute atomic E-state index is 15.4. The van der Waals surface area contributed by atoms with Gasteiger partial charge in [-0.25, -0.2) is 19.3 Å². The van der Waals surface area contributed by atoms with Crippen molar-refractivity contribution in [3.8, 4) is 17.0 Å². The van der Waals surface area contributed by atoms with Crippen molar-refractivity contribution in [2.24, 2.45) is 0 Å². The average molecular weight is 518 g/mol. The molecule has 0 radical (unpaired) electrons. The third-order valence-electron chi connectivity index (χ3n) is 7.58. The molecule has 4 aromatic rings. The van der Waals surface area contributed by atoms with Crippen molar-refractivity contribution in [3.63, 3.8) is 0 Å². The molecule has 188 valence electrons. The van der Waals surface area contributed by atoms with E-state index in [4.69, 9.17) is 22.1 Å². The molecular weight excluding hydrogens is 493 g/mol. The first-order chi connectivity index (χ1) is 17.9. The van der Waals surface area contributed by atoms with Crippen LogP contribution >= 0.6 is 11.6 Å². The van der Waals surface area contributed by atoms with Crippen molar-refractivity contribution in [1.29, 1.82) is 0 Å². The Kier molecular flexibility index (Phi) is 4.96. The molecule has 4 N–H and O–H groups in total. The fraction of sp³-hybridized carbons (Fsp3) is 0.296. The van der Waals surface area contributed by atoms with Crippen LogP contribution in [-0.2, 0) is 12.0 Å². The van der Waals surface area contributed by atoms with Gasteiger partial charge in [-0.15, -0.1) is 0 Å². The first-order valence-electron chi connectivity index (χ1n) is 12.3. The topological polar surface area (TPSA) is 101 Å². The molecule has 3 aliphatic rings. The lowest BCUT2D eigenvalue weighted by Gasteiger charge is -2.32. The van der Waals surface area contributed by atoms with E-state index in [0.717, 1.165) is 18.8 Å². The van der Waals surface area contributed by atoms with E-state index in [9.17, 15) is 0 Å². The molecule has 1 saturated carbocycles. The van der Waals surface area contributed by atoms with E-state index in [-0.39, 0.29) is 11.3 Å². The van der Waals surface area contributed by atoms with Crippen molar-refractivity contribution in [1.82, 2.24) is 19.9 Å². The summed E-state index contributed by atoms with van der Waals surface area (Å²) in [5.41, 5.74) is 11.8. The molecule has 0 bridgehead atoms. The molecule has 2 aromatic carbocycles. The van der Waals surface area contributed by atoms with Crippen LogP contribution in [0.5, 0.6) is 5.88 Å². The number of likely N-dealkylation sites (N-methyl/N-ethyl adjacent to an activating group) is 1. The smallest absolute Gasteiger partial charge is 0.239 e. The molecule has 37 heavy (non-hydrogen) atoms. The van der Waals surface area contributed by atoms with Crippen LogP contribution < -0.4 is 21.1 Å². The lowest BCUT2D eigenvalue weighted by molar-refractivity contribution is 0.271. The van der Waals surface area contributed by atoms with Crippen LogP contribution in [0.3, 0.4) is 0 Å². The quantitative estimate of drug-likeness (QED) is 0.323. The van der Waals surface area contributed by atoms with Gasteiger partial charge in [0.25, 0.3) is 0 Å². The predicted molar refractivity (Wildman–Crippen MR) is 143 cm³/mol. The normalized spacial score (nSPS) is 17.6. The van der Waals surface area contributed by atoms with Gasteiger partial charge in [-0.1, -0.05) is 17.7 Å². The van der Waals surface area contributed by atoms with Crippen LogP contribution in [0.2, 0.25) is 5.02 Å². The highest BCUT2D eigenvalue weighted by molar-refractivity contribution is 6.36. The third kappa shape index (κ3) is 3.64. The summed E-state index contributed by atoms with van der Waals surface area (Å²) in [6, 6.07) is 8.12. The van der Waals surface area contributed by atoms with E-state index >= 15 is 4.39 Å². The summed E-state index contributed by atoms with van der Waals surface area (Å²) in [4.78, 5) is 15.8. The summed E-state index contributed by atoms with van der Waals surface area (Å²) >= 11 is 6.63. The first kappa shape index (κ1) is 22.5. The van der Waals surface area contributed by atoms with E-state index in [1.807, 2.05) is 0 Å². The number of nitrogens with two attached hydrogens (primary N) is 1. The number of fused-ring (bicyclic) bond motifs is 4. The van der Waals surface area contributed by atoms with Gasteiger partial charge in [0.1, 0.15) is 12.3 Å². The number of nitrogens with zero attached hydrogens (tertiary/aromatic N) is 4. The molecule has 7 rings (SSSR count). The maximum Gasteiger partial charge on any atom is 0.239 e. The third-order valence-corrected chi connectivity index (χ3v) is 7.97. The zero-order valence-electron chi connectivity index (χ0n) is 20.2. The molecule has 0 unspecified atom stereocenters. The van der Waals surface area contributed by atoms with Crippen molar-refractivity contribution < 1.29 is 9.13 Å². The van der Waals surface area contributed by atoms with E-state index in [2.05, 4.69) is 55.7 Å². The van der Waals surface area contributed by atoms with Gasteiger partial charge >= 0.3 is 0 Å². The molecule has 0 amide bonds. The lowest BCUT2D eigenvalue weighted by atomic mass is 9.87. The minimum absolute atomic E-state index is 0.0383. The summed E-state index contributed by atoms with van der Waals surface area (Å²) in [5, 5.41) is 7.23. The van der Waals surface area contributed by atoms with Gasteiger partial charge in [0.2, 0.25) is 11.8 Å². The van der Waals surface area contributed by atoms with Crippen molar-refractivity contribution >= 4 is 45.5 Å². The van der Waals surface area contributed by atoms with E-state index < -0.39 is 5.82 Å². The Balaban J connectivity index is 1.26. The van der Waals surface area contributed by atoms with Crippen LogP contribution in [0, 0.1) is 5.82 Å². The Bertz CT molecular complexity index is 1590. The summed E-state index contributed by atoms with van der Waals surface area (Å²) in [7, 11) is 2.17. The number of aromatic nitrogens is 3. The summed E-state index contributed by atoms with van der Waals surface area (Å²) < 4.78 is 20.9. The predicted octanol–water partition coefficient (Wildman–Crippen LogP) is 5.09. The molecule has 4 heterocycles. The van der Waals surface area contributed by atoms with Crippen LogP contribution in [0.25, 0.3) is 22.0 Å². The zero-order valence-corrected chi connectivity index (χ0v) is 21.0. The highest BCUT2D eigenvalue weighted by atomic mass is 35.5. The van der Waals surface area contributed by atoms with Gasteiger partial charge in [-0.05, 0) is 49.2 Å². The minimum Gasteiger partial charge on any atom is -0.474 e. The number of benzene rings is 2. The summed E-state index contributed by atoms with van der Waals surface area (Å²) in [5.74, 6) is 0.205. The van der Waals surface area contributed by atoms with Crippen molar-refractivity contribution in [3.05, 3.63) is 58.6 Å².